The van der Waals surface area contributed by atoms with Gasteiger partial charge in [-0.15, -0.1) is 0 Å². The molecule has 1 N–H and O–H groups in total. The maximum Gasteiger partial charge on any atom is 0.266 e. The molecule has 0 aliphatic rings. The van der Waals surface area contributed by atoms with E-state index < -0.39 is 5.91 Å². The van der Waals surface area contributed by atoms with Gasteiger partial charge in [0.2, 0.25) is 0 Å². The molecular formula is C23H20ClN3O. The molecule has 0 atom stereocenters. The molecular weight excluding hydrogens is 370 g/mol. The molecule has 28 heavy (non-hydrogen) atoms. The van der Waals surface area contributed by atoms with Crippen LogP contribution in [0.15, 0.2) is 60.2 Å². The van der Waals surface area contributed by atoms with Crippen LogP contribution >= 0.6 is 11.6 Å². The van der Waals surface area contributed by atoms with Crippen LogP contribution in [0.2, 0.25) is 5.02 Å². The summed E-state index contributed by atoms with van der Waals surface area (Å²) in [5, 5.41) is 12.7. The molecule has 0 aliphatic carbocycles. The number of rotatable bonds is 4. The Bertz CT molecular complexity index is 1100. The average molecular weight is 390 g/mol. The molecule has 0 bridgehead atoms. The molecule has 4 nitrogen and oxygen atoms in total. The van der Waals surface area contributed by atoms with E-state index in [2.05, 4.69) is 34.1 Å². The van der Waals surface area contributed by atoms with Crippen LogP contribution in [0.1, 0.15) is 22.5 Å². The van der Waals surface area contributed by atoms with Crippen molar-refractivity contribution < 1.29 is 4.79 Å². The van der Waals surface area contributed by atoms with Gasteiger partial charge in [0.1, 0.15) is 11.6 Å². The lowest BCUT2D eigenvalue weighted by molar-refractivity contribution is -0.112. The van der Waals surface area contributed by atoms with Crippen molar-refractivity contribution in [3.63, 3.8) is 0 Å². The van der Waals surface area contributed by atoms with Crippen molar-refractivity contribution in [2.45, 2.75) is 20.8 Å². The van der Waals surface area contributed by atoms with Crippen LogP contribution < -0.4 is 5.32 Å². The zero-order valence-electron chi connectivity index (χ0n) is 16.0. The lowest BCUT2D eigenvalue weighted by Crippen LogP contribution is -2.13. The van der Waals surface area contributed by atoms with Gasteiger partial charge in [-0.25, -0.2) is 0 Å². The highest BCUT2D eigenvalue weighted by Gasteiger charge is 2.14. The number of nitrogens with zero attached hydrogens (tertiary/aromatic N) is 2. The van der Waals surface area contributed by atoms with Crippen molar-refractivity contribution in [1.29, 1.82) is 5.26 Å². The van der Waals surface area contributed by atoms with Gasteiger partial charge < -0.3 is 9.88 Å². The van der Waals surface area contributed by atoms with Crippen molar-refractivity contribution in [2.24, 2.45) is 0 Å². The van der Waals surface area contributed by atoms with E-state index in [9.17, 15) is 10.1 Å². The highest BCUT2D eigenvalue weighted by Crippen LogP contribution is 2.23. The lowest BCUT2D eigenvalue weighted by Gasteiger charge is -2.10. The Morgan fingerprint density at radius 3 is 2.46 bits per heavy atom. The largest absolute Gasteiger partial charge is 0.321 e. The Labute approximate surface area is 169 Å². The van der Waals surface area contributed by atoms with Gasteiger partial charge in [-0.2, -0.15) is 5.26 Å². The van der Waals surface area contributed by atoms with Crippen LogP contribution in [-0.4, -0.2) is 10.5 Å². The topological polar surface area (TPSA) is 57.8 Å². The molecule has 0 fully saturated rings. The van der Waals surface area contributed by atoms with E-state index in [4.69, 9.17) is 11.6 Å². The van der Waals surface area contributed by atoms with E-state index in [1.165, 1.54) is 5.56 Å². The van der Waals surface area contributed by atoms with Gasteiger partial charge in [-0.05, 0) is 68.8 Å². The molecule has 0 unspecified atom stereocenters. The fourth-order valence-electron chi connectivity index (χ4n) is 3.09. The summed E-state index contributed by atoms with van der Waals surface area (Å²) in [6.07, 6.45) is 1.62. The third-order valence-corrected chi connectivity index (χ3v) is 4.74. The van der Waals surface area contributed by atoms with E-state index in [-0.39, 0.29) is 5.57 Å². The second-order valence-electron chi connectivity index (χ2n) is 6.63. The van der Waals surface area contributed by atoms with Crippen LogP contribution in [0, 0.1) is 32.1 Å². The fourth-order valence-corrected chi connectivity index (χ4v) is 3.28. The number of carbonyl (C=O) groups excluding carboxylic acids is 1. The number of hydrogen-bond donors (Lipinski definition) is 1. The predicted molar refractivity (Wildman–Crippen MR) is 114 cm³/mol. The maximum absolute atomic E-state index is 12.5. The van der Waals surface area contributed by atoms with Crippen LogP contribution in [0.5, 0.6) is 0 Å². The first-order valence-electron chi connectivity index (χ1n) is 8.83. The van der Waals surface area contributed by atoms with E-state index in [1.807, 2.05) is 32.9 Å². The first-order chi connectivity index (χ1) is 13.4. The number of anilines is 1. The monoisotopic (exact) mass is 389 g/mol. The van der Waals surface area contributed by atoms with Crippen molar-refractivity contribution in [1.82, 2.24) is 4.57 Å². The number of nitrogens with one attached hydrogen (secondary N) is 1. The number of aromatic nitrogens is 1. The molecule has 2 aromatic carbocycles. The van der Waals surface area contributed by atoms with Crippen LogP contribution in [0.3, 0.4) is 0 Å². The fraction of sp³-hybridized carbons (Fsp3) is 0.130. The van der Waals surface area contributed by atoms with Gasteiger partial charge in [0.05, 0.1) is 0 Å². The van der Waals surface area contributed by atoms with Gasteiger partial charge in [0.25, 0.3) is 5.91 Å². The molecule has 1 aromatic heterocycles. The second-order valence-corrected chi connectivity index (χ2v) is 7.07. The zero-order valence-corrected chi connectivity index (χ0v) is 16.7. The molecule has 3 rings (SSSR count). The van der Waals surface area contributed by atoms with E-state index in [0.717, 1.165) is 22.6 Å². The predicted octanol–water partition coefficient (Wildman–Crippen LogP) is 5.60. The first kappa shape index (κ1) is 19.5. The summed E-state index contributed by atoms with van der Waals surface area (Å²) in [7, 11) is 0. The Morgan fingerprint density at radius 1 is 1.11 bits per heavy atom. The Kier molecular flexibility index (Phi) is 5.67. The highest BCUT2D eigenvalue weighted by molar-refractivity contribution is 6.31. The molecule has 0 spiro atoms. The van der Waals surface area contributed by atoms with E-state index in [1.54, 1.807) is 30.3 Å². The standard InChI is InChI=1S/C23H20ClN3O/c1-15-7-9-22(10-8-15)27-16(2)11-18(17(27)3)12-19(14-25)23(28)26-21-6-4-5-20(24)13-21/h4-13H,1-3H3,(H,26,28)/b19-12+. The molecule has 1 amide bonds. The molecule has 3 aromatic rings. The third-order valence-electron chi connectivity index (χ3n) is 4.51. The van der Waals surface area contributed by atoms with Crippen molar-refractivity contribution >= 4 is 29.3 Å². The van der Waals surface area contributed by atoms with Gasteiger partial charge in [0.15, 0.2) is 0 Å². The molecule has 0 aliphatic heterocycles. The van der Waals surface area contributed by atoms with Crippen molar-refractivity contribution in [2.75, 3.05) is 5.32 Å². The molecule has 140 valence electrons. The molecule has 1 heterocycles. The van der Waals surface area contributed by atoms with E-state index in [0.29, 0.717) is 10.7 Å². The number of benzene rings is 2. The molecule has 5 heteroatoms. The van der Waals surface area contributed by atoms with Gasteiger partial charge >= 0.3 is 0 Å². The summed E-state index contributed by atoms with van der Waals surface area (Å²) in [5.41, 5.74) is 5.63. The average Bonchev–Trinajstić information content (AvgIpc) is 2.94. The van der Waals surface area contributed by atoms with Crippen LogP contribution in [-0.2, 0) is 4.79 Å². The first-order valence-corrected chi connectivity index (χ1v) is 9.21. The SMILES string of the molecule is Cc1ccc(-n2c(C)cc(/C=C(\C#N)C(=O)Nc3cccc(Cl)c3)c2C)cc1. The number of nitriles is 1. The number of amides is 1. The summed E-state index contributed by atoms with van der Waals surface area (Å²) in [6.45, 7) is 6.02. The molecule has 0 radical (unpaired) electrons. The Hall–Kier alpha value is -3.29. The highest BCUT2D eigenvalue weighted by atomic mass is 35.5. The minimum absolute atomic E-state index is 0.0316. The lowest BCUT2D eigenvalue weighted by atomic mass is 10.1. The number of hydrogen-bond acceptors (Lipinski definition) is 2. The summed E-state index contributed by atoms with van der Waals surface area (Å²) >= 11 is 5.95. The van der Waals surface area contributed by atoms with Crippen molar-refractivity contribution in [3.8, 4) is 11.8 Å². The van der Waals surface area contributed by atoms with E-state index >= 15 is 0 Å². The van der Waals surface area contributed by atoms with Crippen LogP contribution in [0.4, 0.5) is 5.69 Å². The summed E-state index contributed by atoms with van der Waals surface area (Å²) in [5.74, 6) is -0.468. The summed E-state index contributed by atoms with van der Waals surface area (Å²) in [6, 6.07) is 19.0. The van der Waals surface area contributed by atoms with Gasteiger partial charge in [-0.1, -0.05) is 35.4 Å². The number of halogens is 1. The zero-order chi connectivity index (χ0) is 20.3. The minimum atomic E-state index is -0.468. The normalized spacial score (nSPS) is 11.2. The quantitative estimate of drug-likeness (QED) is 0.466. The molecule has 0 saturated carbocycles. The summed E-state index contributed by atoms with van der Waals surface area (Å²) in [4.78, 5) is 12.5. The van der Waals surface area contributed by atoms with Crippen molar-refractivity contribution in [3.05, 3.63) is 87.7 Å². The maximum atomic E-state index is 12.5. The second kappa shape index (κ2) is 8.16. The molecule has 0 saturated heterocycles. The Balaban J connectivity index is 1.93. The van der Waals surface area contributed by atoms with Crippen LogP contribution in [0.25, 0.3) is 11.8 Å². The summed E-state index contributed by atoms with van der Waals surface area (Å²) < 4.78 is 2.11. The number of aryl methyl sites for hydroxylation is 2. The van der Waals surface area contributed by atoms with Gasteiger partial charge in [-0.3, -0.25) is 4.79 Å². The third kappa shape index (κ3) is 4.16. The Morgan fingerprint density at radius 2 is 1.82 bits per heavy atom. The minimum Gasteiger partial charge on any atom is -0.321 e. The smallest absolute Gasteiger partial charge is 0.266 e. The van der Waals surface area contributed by atoms with Gasteiger partial charge in [0, 0.05) is 27.8 Å². The number of carbonyl (C=O) groups is 1.